The van der Waals surface area contributed by atoms with E-state index in [2.05, 4.69) is 63.6 Å². The topological polar surface area (TPSA) is 138 Å². The smallest absolute Gasteiger partial charge is 0.248 e. The van der Waals surface area contributed by atoms with E-state index in [4.69, 9.17) is 17.2 Å². The Kier molecular flexibility index (Phi) is 17.2. The third-order valence-electron chi connectivity index (χ3n) is 5.58. The van der Waals surface area contributed by atoms with Crippen molar-refractivity contribution >= 4 is 17.6 Å². The third kappa shape index (κ3) is 16.8. The molecule has 218 valence electrons. The first-order valence-electron chi connectivity index (χ1n) is 13.6. The third-order valence-corrected chi connectivity index (χ3v) is 5.58. The van der Waals surface area contributed by atoms with Crippen LogP contribution in [0.15, 0.2) is 73.1 Å². The highest BCUT2D eigenvalue weighted by Gasteiger charge is 2.01. The molecule has 0 spiro atoms. The van der Waals surface area contributed by atoms with E-state index in [1.807, 2.05) is 57.4 Å². The van der Waals surface area contributed by atoms with E-state index in [9.17, 15) is 9.59 Å². The van der Waals surface area contributed by atoms with Gasteiger partial charge in [-0.3, -0.25) is 14.6 Å². The van der Waals surface area contributed by atoms with Crippen LogP contribution in [-0.4, -0.2) is 21.8 Å². The van der Waals surface area contributed by atoms with Crippen molar-refractivity contribution in [2.24, 2.45) is 17.4 Å². The molecule has 2 heterocycles. The number of carbonyl (C=O) groups is 2. The Morgan fingerprint density at radius 1 is 0.675 bits per heavy atom. The van der Waals surface area contributed by atoms with Gasteiger partial charge in [-0.15, -0.1) is 0 Å². The van der Waals surface area contributed by atoms with Crippen LogP contribution in [0, 0.1) is 12.8 Å². The molecule has 3 rings (SSSR count). The molecule has 0 saturated carbocycles. The highest BCUT2D eigenvalue weighted by atomic mass is 16.1. The predicted octanol–water partition coefficient (Wildman–Crippen LogP) is 6.89. The van der Waals surface area contributed by atoms with E-state index in [0.29, 0.717) is 35.1 Å². The maximum Gasteiger partial charge on any atom is 0.248 e. The minimum absolute atomic E-state index is 0.370. The van der Waals surface area contributed by atoms with Crippen LogP contribution in [0.3, 0.4) is 0 Å². The molecule has 3 aromatic rings. The highest BCUT2D eigenvalue weighted by Crippen LogP contribution is 2.14. The Morgan fingerprint density at radius 3 is 1.43 bits per heavy atom. The van der Waals surface area contributed by atoms with Crippen molar-refractivity contribution in [1.29, 1.82) is 0 Å². The molecule has 0 bridgehead atoms. The number of carbonyl (C=O) groups excluding carboxylic acids is 2. The first kappa shape index (κ1) is 36.0. The van der Waals surface area contributed by atoms with E-state index in [1.54, 1.807) is 18.2 Å². The minimum Gasteiger partial charge on any atom is -0.384 e. The molecule has 1 aromatic carbocycles. The summed E-state index contributed by atoms with van der Waals surface area (Å²) in [5.74, 6) is 1.86. The van der Waals surface area contributed by atoms with Crippen molar-refractivity contribution in [3.8, 4) is 0 Å². The quantitative estimate of drug-likeness (QED) is 0.288. The molecule has 0 radical (unpaired) electrons. The number of primary amides is 2. The lowest BCUT2D eigenvalue weighted by molar-refractivity contribution is -0.113. The number of aromatic nitrogens is 2. The summed E-state index contributed by atoms with van der Waals surface area (Å²) in [6, 6.07) is 15.4. The van der Waals surface area contributed by atoms with Gasteiger partial charge in [0.25, 0.3) is 0 Å². The van der Waals surface area contributed by atoms with Crippen molar-refractivity contribution in [2.75, 3.05) is 5.73 Å². The zero-order valence-electron chi connectivity index (χ0n) is 25.7. The van der Waals surface area contributed by atoms with Gasteiger partial charge in [-0.05, 0) is 77.6 Å². The van der Waals surface area contributed by atoms with Crippen LogP contribution in [0.25, 0.3) is 0 Å². The molecule has 0 saturated heterocycles. The average molecular weight is 548 g/mol. The maximum absolute atomic E-state index is 10.7. The molecule has 2 aromatic heterocycles. The fourth-order valence-corrected chi connectivity index (χ4v) is 2.90. The van der Waals surface area contributed by atoms with Gasteiger partial charge in [0.1, 0.15) is 5.82 Å². The second-order valence-electron chi connectivity index (χ2n) is 10.7. The summed E-state index contributed by atoms with van der Waals surface area (Å²) >= 11 is 0. The lowest BCUT2D eigenvalue weighted by atomic mass is 10.0. The van der Waals surface area contributed by atoms with Crippen LogP contribution in [0.5, 0.6) is 0 Å². The van der Waals surface area contributed by atoms with Gasteiger partial charge in [0, 0.05) is 23.7 Å². The lowest BCUT2D eigenvalue weighted by Gasteiger charge is -2.04. The number of nitrogens with zero attached hydrogens (tertiary/aromatic N) is 2. The average Bonchev–Trinajstić information content (AvgIpc) is 2.89. The van der Waals surface area contributed by atoms with Gasteiger partial charge < -0.3 is 17.2 Å². The standard InChI is InChI=1S/C10H13NO.C9H13N.C8H12N2.C6H11NO/c1-7(2)8-3-5-9(6-4-8)10(11)12;1-7(2)9-5-4-8(3)10-6-9;1-6(2)7-3-4-8(9)10-5-7;1-5(2)3-4-6(7)8/h3-7H,1-2H3,(H2,11,12);4-7H,1-3H3;3-6H,1-2H3,(H2,9,10);3-5H,1-2H3,(H2,7,8)/b;;;4-3+. The van der Waals surface area contributed by atoms with Crippen molar-refractivity contribution in [3.05, 3.63) is 101 Å². The first-order chi connectivity index (χ1) is 18.6. The summed E-state index contributed by atoms with van der Waals surface area (Å²) in [5.41, 5.74) is 20.8. The number of anilines is 1. The van der Waals surface area contributed by atoms with Crippen molar-refractivity contribution < 1.29 is 9.59 Å². The van der Waals surface area contributed by atoms with Gasteiger partial charge in [-0.1, -0.05) is 85.7 Å². The molecule has 0 fully saturated rings. The van der Waals surface area contributed by atoms with Crippen LogP contribution in [0.2, 0.25) is 0 Å². The minimum atomic E-state index is -0.376. The van der Waals surface area contributed by atoms with Gasteiger partial charge >= 0.3 is 0 Å². The lowest BCUT2D eigenvalue weighted by Crippen LogP contribution is -2.10. The summed E-state index contributed by atoms with van der Waals surface area (Å²) in [6.45, 7) is 18.8. The molecule has 7 nitrogen and oxygen atoms in total. The largest absolute Gasteiger partial charge is 0.384 e. The summed E-state index contributed by atoms with van der Waals surface area (Å²) in [7, 11) is 0. The normalized spacial score (nSPS) is 10.4. The second kappa shape index (κ2) is 19.1. The fraction of sp³-hybridized carbons (Fsp3) is 0.394. The summed E-state index contributed by atoms with van der Waals surface area (Å²) in [4.78, 5) is 28.9. The molecule has 0 atom stereocenters. The second-order valence-corrected chi connectivity index (χ2v) is 10.7. The summed E-state index contributed by atoms with van der Waals surface area (Å²) in [5, 5.41) is 0. The molecule has 2 amide bonds. The Morgan fingerprint density at radius 2 is 1.12 bits per heavy atom. The number of benzene rings is 1. The Bertz CT molecular complexity index is 1100. The van der Waals surface area contributed by atoms with Crippen LogP contribution < -0.4 is 17.2 Å². The monoisotopic (exact) mass is 547 g/mol. The van der Waals surface area contributed by atoms with E-state index in [1.165, 1.54) is 22.8 Å². The number of allylic oxidation sites excluding steroid dienone is 1. The van der Waals surface area contributed by atoms with Gasteiger partial charge in [-0.2, -0.15) is 0 Å². The Balaban J connectivity index is 0.000000512. The van der Waals surface area contributed by atoms with Gasteiger partial charge in [0.15, 0.2) is 0 Å². The van der Waals surface area contributed by atoms with Crippen LogP contribution in [0.4, 0.5) is 5.82 Å². The number of amides is 2. The van der Waals surface area contributed by atoms with Gasteiger partial charge in [0.2, 0.25) is 11.8 Å². The molecule has 0 aliphatic carbocycles. The number of nitrogens with two attached hydrogens (primary N) is 3. The number of aryl methyl sites for hydroxylation is 1. The highest BCUT2D eigenvalue weighted by molar-refractivity contribution is 5.92. The number of hydrogen-bond acceptors (Lipinski definition) is 5. The number of pyridine rings is 2. The molecule has 0 aliphatic rings. The van der Waals surface area contributed by atoms with Gasteiger partial charge in [-0.25, -0.2) is 4.98 Å². The van der Waals surface area contributed by atoms with E-state index < -0.39 is 0 Å². The predicted molar refractivity (Wildman–Crippen MR) is 168 cm³/mol. The van der Waals surface area contributed by atoms with Crippen LogP contribution in [0.1, 0.15) is 106 Å². The molecule has 40 heavy (non-hydrogen) atoms. The Hall–Kier alpha value is -4.00. The maximum atomic E-state index is 10.7. The number of hydrogen-bond donors (Lipinski definition) is 3. The zero-order valence-corrected chi connectivity index (χ0v) is 25.7. The van der Waals surface area contributed by atoms with Gasteiger partial charge in [0.05, 0.1) is 0 Å². The van der Waals surface area contributed by atoms with E-state index in [0.717, 1.165) is 5.69 Å². The SMILES string of the molecule is CC(C)/C=C/C(N)=O.CC(C)c1ccc(C(N)=O)cc1.CC(C)c1ccc(N)nc1.Cc1ccc(C(C)C)cn1. The molecule has 0 aliphatic heterocycles. The van der Waals surface area contributed by atoms with Crippen molar-refractivity contribution in [2.45, 2.75) is 80.1 Å². The van der Waals surface area contributed by atoms with E-state index >= 15 is 0 Å². The molecule has 6 N–H and O–H groups in total. The summed E-state index contributed by atoms with van der Waals surface area (Å²) < 4.78 is 0. The fourth-order valence-electron chi connectivity index (χ4n) is 2.90. The zero-order chi connectivity index (χ0) is 30.8. The molecule has 7 heteroatoms. The van der Waals surface area contributed by atoms with E-state index in [-0.39, 0.29) is 11.8 Å². The number of nitrogen functional groups attached to an aromatic ring is 1. The number of rotatable bonds is 6. The first-order valence-corrected chi connectivity index (χ1v) is 13.6. The molecular weight excluding hydrogens is 498 g/mol. The van der Waals surface area contributed by atoms with Crippen molar-refractivity contribution in [1.82, 2.24) is 9.97 Å². The summed E-state index contributed by atoms with van der Waals surface area (Å²) in [6.07, 6.45) is 6.91. The van der Waals surface area contributed by atoms with Crippen LogP contribution >= 0.6 is 0 Å². The van der Waals surface area contributed by atoms with Crippen LogP contribution in [-0.2, 0) is 4.79 Å². The van der Waals surface area contributed by atoms with Crippen molar-refractivity contribution in [3.63, 3.8) is 0 Å². The Labute approximate surface area is 241 Å². The molecule has 0 unspecified atom stereocenters. The molecular formula is C33H49N5O2.